The lowest BCUT2D eigenvalue weighted by atomic mass is 10.2. The maximum absolute atomic E-state index is 12.8. The van der Waals surface area contributed by atoms with E-state index in [9.17, 15) is 4.79 Å². The molecule has 0 fully saturated rings. The van der Waals surface area contributed by atoms with Crippen LogP contribution in [0.3, 0.4) is 0 Å². The van der Waals surface area contributed by atoms with E-state index < -0.39 is 0 Å². The SMILES string of the molecule is CCCN(CCC)C(=O)c1cnn2c(-c3cccs3)ccnc12. The van der Waals surface area contributed by atoms with Crippen molar-refractivity contribution in [3.05, 3.63) is 41.5 Å². The fourth-order valence-electron chi connectivity index (χ4n) is 2.68. The molecule has 3 aromatic heterocycles. The van der Waals surface area contributed by atoms with E-state index in [4.69, 9.17) is 0 Å². The average molecular weight is 328 g/mol. The predicted molar refractivity (Wildman–Crippen MR) is 92.8 cm³/mol. The number of hydrogen-bond donors (Lipinski definition) is 0. The number of hydrogen-bond acceptors (Lipinski definition) is 4. The molecular formula is C17H20N4OS. The number of aromatic nitrogens is 3. The van der Waals surface area contributed by atoms with E-state index in [1.165, 1.54) is 0 Å². The second-order valence-electron chi connectivity index (χ2n) is 5.39. The van der Waals surface area contributed by atoms with Gasteiger partial charge in [-0.15, -0.1) is 11.3 Å². The largest absolute Gasteiger partial charge is 0.339 e. The summed E-state index contributed by atoms with van der Waals surface area (Å²) < 4.78 is 1.76. The topological polar surface area (TPSA) is 50.5 Å². The number of rotatable bonds is 6. The van der Waals surface area contributed by atoms with E-state index >= 15 is 0 Å². The standard InChI is InChI=1S/C17H20N4OS/c1-3-9-20(10-4-2)17(22)13-12-19-21-14(7-8-18-16(13)21)15-6-5-11-23-15/h5-8,11-12H,3-4,9-10H2,1-2H3. The fourth-order valence-corrected chi connectivity index (χ4v) is 3.41. The van der Waals surface area contributed by atoms with Gasteiger partial charge in [0.2, 0.25) is 0 Å². The number of nitrogens with zero attached hydrogens (tertiary/aromatic N) is 4. The van der Waals surface area contributed by atoms with Gasteiger partial charge in [-0.1, -0.05) is 19.9 Å². The van der Waals surface area contributed by atoms with Crippen molar-refractivity contribution in [2.75, 3.05) is 13.1 Å². The third-order valence-electron chi connectivity index (χ3n) is 3.68. The van der Waals surface area contributed by atoms with Crippen LogP contribution in [-0.2, 0) is 0 Å². The van der Waals surface area contributed by atoms with E-state index in [1.54, 1.807) is 28.2 Å². The Hall–Kier alpha value is -2.21. The van der Waals surface area contributed by atoms with Gasteiger partial charge in [0.1, 0.15) is 5.56 Å². The van der Waals surface area contributed by atoms with Crippen molar-refractivity contribution in [3.8, 4) is 10.6 Å². The molecule has 0 aromatic carbocycles. The second kappa shape index (κ2) is 6.91. The first-order valence-corrected chi connectivity index (χ1v) is 8.80. The molecule has 0 bridgehead atoms. The van der Waals surface area contributed by atoms with Crippen LogP contribution in [0.4, 0.5) is 0 Å². The van der Waals surface area contributed by atoms with Crippen LogP contribution >= 0.6 is 11.3 Å². The monoisotopic (exact) mass is 328 g/mol. The molecule has 3 aromatic rings. The van der Waals surface area contributed by atoms with Gasteiger partial charge in [-0.05, 0) is 30.4 Å². The first kappa shape index (κ1) is 15.7. The number of carbonyl (C=O) groups excluding carboxylic acids is 1. The first-order valence-electron chi connectivity index (χ1n) is 7.92. The summed E-state index contributed by atoms with van der Waals surface area (Å²) in [4.78, 5) is 20.2. The quantitative estimate of drug-likeness (QED) is 0.693. The molecule has 5 nitrogen and oxygen atoms in total. The second-order valence-corrected chi connectivity index (χ2v) is 6.34. The lowest BCUT2D eigenvalue weighted by Crippen LogP contribution is -2.32. The molecule has 0 aliphatic carbocycles. The number of fused-ring (bicyclic) bond motifs is 1. The summed E-state index contributed by atoms with van der Waals surface area (Å²) in [7, 11) is 0. The maximum Gasteiger partial charge on any atom is 0.259 e. The Morgan fingerprint density at radius 3 is 2.70 bits per heavy atom. The minimum atomic E-state index is 0.0135. The highest BCUT2D eigenvalue weighted by Gasteiger charge is 2.20. The number of thiophene rings is 1. The highest BCUT2D eigenvalue weighted by Crippen LogP contribution is 2.25. The van der Waals surface area contributed by atoms with E-state index in [1.807, 2.05) is 28.5 Å². The van der Waals surface area contributed by atoms with Crippen molar-refractivity contribution in [2.45, 2.75) is 26.7 Å². The molecule has 0 saturated heterocycles. The molecule has 0 unspecified atom stereocenters. The van der Waals surface area contributed by atoms with E-state index in [-0.39, 0.29) is 5.91 Å². The van der Waals surface area contributed by atoms with Crippen molar-refractivity contribution in [3.63, 3.8) is 0 Å². The molecule has 0 aliphatic heterocycles. The first-order chi connectivity index (χ1) is 11.3. The Kier molecular flexibility index (Phi) is 4.71. The summed E-state index contributed by atoms with van der Waals surface area (Å²) in [6, 6.07) is 5.98. The van der Waals surface area contributed by atoms with Gasteiger partial charge in [-0.3, -0.25) is 4.79 Å². The zero-order chi connectivity index (χ0) is 16.2. The average Bonchev–Trinajstić information content (AvgIpc) is 3.23. The Morgan fingerprint density at radius 1 is 1.26 bits per heavy atom. The van der Waals surface area contributed by atoms with Crippen LogP contribution in [0.15, 0.2) is 36.0 Å². The normalized spacial score (nSPS) is 11.0. The molecule has 6 heteroatoms. The van der Waals surface area contributed by atoms with Crippen molar-refractivity contribution in [1.29, 1.82) is 0 Å². The molecule has 0 radical (unpaired) electrons. The maximum atomic E-state index is 12.8. The summed E-state index contributed by atoms with van der Waals surface area (Å²) in [6.45, 7) is 5.68. The zero-order valence-electron chi connectivity index (χ0n) is 13.4. The van der Waals surface area contributed by atoms with Gasteiger partial charge in [0.15, 0.2) is 5.65 Å². The van der Waals surface area contributed by atoms with Gasteiger partial charge in [-0.25, -0.2) is 9.50 Å². The lowest BCUT2D eigenvalue weighted by Gasteiger charge is -2.20. The molecule has 0 aliphatic rings. The van der Waals surface area contributed by atoms with Crippen molar-refractivity contribution < 1.29 is 4.79 Å². The molecule has 0 saturated carbocycles. The Labute approximate surface area is 139 Å². The fraction of sp³-hybridized carbons (Fsp3) is 0.353. The van der Waals surface area contributed by atoms with Crippen molar-refractivity contribution >= 4 is 22.9 Å². The zero-order valence-corrected chi connectivity index (χ0v) is 14.2. The smallest absolute Gasteiger partial charge is 0.259 e. The Balaban J connectivity index is 2.03. The number of amides is 1. The molecule has 3 heterocycles. The van der Waals surface area contributed by atoms with Crippen molar-refractivity contribution in [1.82, 2.24) is 19.5 Å². The van der Waals surface area contributed by atoms with Gasteiger partial charge in [-0.2, -0.15) is 5.10 Å². The van der Waals surface area contributed by atoms with Gasteiger partial charge in [0.05, 0.1) is 16.8 Å². The predicted octanol–water partition coefficient (Wildman–Crippen LogP) is 3.72. The summed E-state index contributed by atoms with van der Waals surface area (Å²) in [5.74, 6) is 0.0135. The Morgan fingerprint density at radius 2 is 2.04 bits per heavy atom. The van der Waals surface area contributed by atoms with Crippen LogP contribution in [0.25, 0.3) is 16.2 Å². The molecule has 0 atom stereocenters. The van der Waals surface area contributed by atoms with Crippen LogP contribution in [0.2, 0.25) is 0 Å². The van der Waals surface area contributed by atoms with Crippen LogP contribution in [0, 0.1) is 0 Å². The lowest BCUT2D eigenvalue weighted by molar-refractivity contribution is 0.0757. The summed E-state index contributed by atoms with van der Waals surface area (Å²) in [5, 5.41) is 6.44. The van der Waals surface area contributed by atoms with Gasteiger partial charge in [0, 0.05) is 19.3 Å². The van der Waals surface area contributed by atoms with Crippen LogP contribution in [0.1, 0.15) is 37.0 Å². The van der Waals surface area contributed by atoms with Gasteiger partial charge in [0.25, 0.3) is 5.91 Å². The molecule has 0 spiro atoms. The molecule has 23 heavy (non-hydrogen) atoms. The van der Waals surface area contributed by atoms with Crippen LogP contribution in [0.5, 0.6) is 0 Å². The highest BCUT2D eigenvalue weighted by atomic mass is 32.1. The summed E-state index contributed by atoms with van der Waals surface area (Å²) >= 11 is 1.65. The minimum absolute atomic E-state index is 0.0135. The van der Waals surface area contributed by atoms with Crippen molar-refractivity contribution in [2.24, 2.45) is 0 Å². The molecular weight excluding hydrogens is 308 g/mol. The molecule has 3 rings (SSSR count). The molecule has 1 amide bonds. The Bertz CT molecular complexity index is 788. The molecule has 0 N–H and O–H groups in total. The van der Waals surface area contributed by atoms with Crippen LogP contribution < -0.4 is 0 Å². The van der Waals surface area contributed by atoms with E-state index in [0.717, 1.165) is 36.5 Å². The third-order valence-corrected chi connectivity index (χ3v) is 4.57. The minimum Gasteiger partial charge on any atom is -0.339 e. The van der Waals surface area contributed by atoms with E-state index in [2.05, 4.69) is 23.9 Å². The van der Waals surface area contributed by atoms with Gasteiger partial charge >= 0.3 is 0 Å². The summed E-state index contributed by atoms with van der Waals surface area (Å²) in [6.07, 6.45) is 5.27. The van der Waals surface area contributed by atoms with E-state index in [0.29, 0.717) is 11.2 Å². The number of carbonyl (C=O) groups is 1. The molecule has 120 valence electrons. The highest BCUT2D eigenvalue weighted by molar-refractivity contribution is 7.13. The summed E-state index contributed by atoms with van der Waals surface area (Å²) in [5.41, 5.74) is 2.16. The van der Waals surface area contributed by atoms with Gasteiger partial charge < -0.3 is 4.90 Å². The third kappa shape index (κ3) is 2.99. The van der Waals surface area contributed by atoms with Crippen LogP contribution in [-0.4, -0.2) is 38.5 Å².